The quantitative estimate of drug-likeness (QED) is 0.350. The molecule has 0 bridgehead atoms. The summed E-state index contributed by atoms with van der Waals surface area (Å²) in [6, 6.07) is 5.55. The van der Waals surface area contributed by atoms with Crippen molar-refractivity contribution in [3.63, 3.8) is 0 Å². The van der Waals surface area contributed by atoms with Crippen LogP contribution >= 0.6 is 24.0 Å². The highest BCUT2D eigenvalue weighted by Gasteiger charge is 2.33. The van der Waals surface area contributed by atoms with Gasteiger partial charge in [-0.05, 0) is 42.9 Å². The number of thiocarbonyl (C=S) groups is 1. The Morgan fingerprint density at radius 1 is 1.19 bits per heavy atom. The number of hydrogen-bond acceptors (Lipinski definition) is 6. The van der Waals surface area contributed by atoms with Crippen LogP contribution in [0, 0.1) is 11.8 Å². The van der Waals surface area contributed by atoms with Gasteiger partial charge in [0, 0.05) is 25.8 Å². The van der Waals surface area contributed by atoms with Crippen molar-refractivity contribution in [1.82, 2.24) is 14.3 Å². The molecule has 2 unspecified atom stereocenters. The normalized spacial score (nSPS) is 23.0. The second-order valence-corrected chi connectivity index (χ2v) is 10.7. The molecule has 2 aromatic rings. The number of anilines is 1. The predicted molar refractivity (Wildman–Crippen MR) is 136 cm³/mol. The minimum Gasteiger partial charge on any atom is -0.355 e. The van der Waals surface area contributed by atoms with Gasteiger partial charge in [0.25, 0.3) is 11.5 Å². The lowest BCUT2D eigenvalue weighted by Gasteiger charge is -2.36. The van der Waals surface area contributed by atoms with Crippen molar-refractivity contribution in [2.75, 3.05) is 24.5 Å². The molecule has 2 aliphatic rings. The maximum Gasteiger partial charge on any atom is 0.267 e. The highest BCUT2D eigenvalue weighted by Crippen LogP contribution is 2.34. The first-order valence-electron chi connectivity index (χ1n) is 11.4. The Balaban J connectivity index is 1.77. The highest BCUT2D eigenvalue weighted by molar-refractivity contribution is 8.26. The van der Waals surface area contributed by atoms with Gasteiger partial charge in [0.1, 0.15) is 15.8 Å². The number of pyridine rings is 1. The van der Waals surface area contributed by atoms with Crippen molar-refractivity contribution in [2.45, 2.75) is 46.5 Å². The standard InChI is InChI=1S/C24H30N4O2S2/c1-4-5-7-11-28-23(30)19(32-24(28)31)13-18-21(26-14-16(2)12-17(3)15-26)25-20-9-6-8-10-27(20)22(18)29/h6,8-10,13,16-17H,4-5,7,11-12,14-15H2,1-3H3/b19-13+. The van der Waals surface area contributed by atoms with E-state index in [1.54, 1.807) is 21.6 Å². The van der Waals surface area contributed by atoms with Crippen LogP contribution in [0.4, 0.5) is 5.82 Å². The van der Waals surface area contributed by atoms with E-state index in [0.717, 1.165) is 38.8 Å². The van der Waals surface area contributed by atoms with Gasteiger partial charge < -0.3 is 4.90 Å². The van der Waals surface area contributed by atoms with Crippen LogP contribution < -0.4 is 10.5 Å². The SMILES string of the molecule is CCCCCN1C(=O)/C(=C\c2c(N3CC(C)CC(C)C3)nc3ccccn3c2=O)SC1=S. The Bertz CT molecular complexity index is 1120. The molecule has 2 aromatic heterocycles. The summed E-state index contributed by atoms with van der Waals surface area (Å²) in [5.74, 6) is 1.58. The van der Waals surface area contributed by atoms with Gasteiger partial charge in [0.15, 0.2) is 0 Å². The molecule has 1 amide bonds. The maximum absolute atomic E-state index is 13.5. The third-order valence-electron chi connectivity index (χ3n) is 6.05. The average molecular weight is 471 g/mol. The van der Waals surface area contributed by atoms with E-state index in [4.69, 9.17) is 17.2 Å². The average Bonchev–Trinajstić information content (AvgIpc) is 3.02. The van der Waals surface area contributed by atoms with Crippen molar-refractivity contribution >= 4 is 51.7 Å². The summed E-state index contributed by atoms with van der Waals surface area (Å²) in [4.78, 5) is 35.8. The number of fused-ring (bicyclic) bond motifs is 1. The minimum absolute atomic E-state index is 0.111. The first-order valence-corrected chi connectivity index (χ1v) is 12.6. The minimum atomic E-state index is -0.160. The lowest BCUT2D eigenvalue weighted by atomic mass is 9.91. The Labute approximate surface area is 198 Å². The fourth-order valence-electron chi connectivity index (χ4n) is 4.64. The first-order chi connectivity index (χ1) is 15.4. The number of nitrogens with zero attached hydrogens (tertiary/aromatic N) is 4. The van der Waals surface area contributed by atoms with Crippen molar-refractivity contribution in [3.05, 3.63) is 45.2 Å². The second-order valence-electron chi connectivity index (χ2n) is 8.97. The lowest BCUT2D eigenvalue weighted by molar-refractivity contribution is -0.122. The number of aromatic nitrogens is 2. The van der Waals surface area contributed by atoms with E-state index >= 15 is 0 Å². The first kappa shape index (κ1) is 23.0. The molecular weight excluding hydrogens is 440 g/mol. The van der Waals surface area contributed by atoms with Gasteiger partial charge in [-0.3, -0.25) is 18.9 Å². The zero-order valence-corrected chi connectivity index (χ0v) is 20.5. The molecule has 0 saturated carbocycles. The summed E-state index contributed by atoms with van der Waals surface area (Å²) < 4.78 is 2.11. The fraction of sp³-hybridized carbons (Fsp3) is 0.500. The summed E-state index contributed by atoms with van der Waals surface area (Å²) in [7, 11) is 0. The molecule has 2 saturated heterocycles. The molecule has 0 radical (unpaired) electrons. The van der Waals surface area contributed by atoms with Crippen molar-refractivity contribution < 1.29 is 4.79 Å². The van der Waals surface area contributed by atoms with Crippen LogP contribution in [0.15, 0.2) is 34.1 Å². The van der Waals surface area contributed by atoms with E-state index in [-0.39, 0.29) is 11.5 Å². The van der Waals surface area contributed by atoms with E-state index in [2.05, 4.69) is 25.7 Å². The van der Waals surface area contributed by atoms with Gasteiger partial charge >= 0.3 is 0 Å². The number of unbranched alkanes of at least 4 members (excludes halogenated alkanes) is 2. The number of thioether (sulfide) groups is 1. The number of amides is 1. The van der Waals surface area contributed by atoms with Gasteiger partial charge in [-0.15, -0.1) is 0 Å². The molecule has 8 heteroatoms. The zero-order chi connectivity index (χ0) is 22.8. The molecule has 0 N–H and O–H groups in total. The van der Waals surface area contributed by atoms with Crippen molar-refractivity contribution in [2.24, 2.45) is 11.8 Å². The highest BCUT2D eigenvalue weighted by atomic mass is 32.2. The van der Waals surface area contributed by atoms with Crippen LogP contribution in [0.2, 0.25) is 0 Å². The Morgan fingerprint density at radius 3 is 2.66 bits per heavy atom. The predicted octanol–water partition coefficient (Wildman–Crippen LogP) is 4.57. The topological polar surface area (TPSA) is 57.9 Å². The van der Waals surface area contributed by atoms with Gasteiger partial charge in [0.2, 0.25) is 0 Å². The molecular formula is C24H30N4O2S2. The molecule has 6 nitrogen and oxygen atoms in total. The van der Waals surface area contributed by atoms with E-state index in [0.29, 0.717) is 44.6 Å². The van der Waals surface area contributed by atoms with Crippen LogP contribution in [-0.2, 0) is 4.79 Å². The molecule has 4 heterocycles. The molecule has 4 rings (SSSR count). The van der Waals surface area contributed by atoms with Crippen molar-refractivity contribution in [1.29, 1.82) is 0 Å². The summed E-state index contributed by atoms with van der Waals surface area (Å²) in [6.07, 6.45) is 7.66. The second kappa shape index (κ2) is 9.75. The lowest BCUT2D eigenvalue weighted by Crippen LogP contribution is -2.40. The third-order valence-corrected chi connectivity index (χ3v) is 7.43. The molecule has 0 spiro atoms. The van der Waals surface area contributed by atoms with E-state index in [9.17, 15) is 9.59 Å². The molecule has 32 heavy (non-hydrogen) atoms. The summed E-state index contributed by atoms with van der Waals surface area (Å²) >= 11 is 6.76. The number of carbonyl (C=O) groups is 1. The molecule has 0 aromatic carbocycles. The van der Waals surface area contributed by atoms with Gasteiger partial charge in [-0.25, -0.2) is 4.98 Å². The monoisotopic (exact) mass is 470 g/mol. The smallest absolute Gasteiger partial charge is 0.267 e. The molecule has 2 aliphatic heterocycles. The number of rotatable bonds is 6. The number of carbonyl (C=O) groups excluding carboxylic acids is 1. The van der Waals surface area contributed by atoms with Gasteiger partial charge in [0.05, 0.1) is 10.5 Å². The van der Waals surface area contributed by atoms with E-state index in [1.807, 2.05) is 18.2 Å². The Morgan fingerprint density at radius 2 is 1.94 bits per heavy atom. The number of piperidine rings is 1. The molecule has 0 aliphatic carbocycles. The largest absolute Gasteiger partial charge is 0.355 e. The van der Waals surface area contributed by atoms with Crippen LogP contribution in [-0.4, -0.2) is 44.1 Å². The van der Waals surface area contributed by atoms with Crippen LogP contribution in [0.1, 0.15) is 52.0 Å². The summed E-state index contributed by atoms with van der Waals surface area (Å²) in [6.45, 7) is 8.92. The van der Waals surface area contributed by atoms with Gasteiger partial charge in [-0.2, -0.15) is 0 Å². The van der Waals surface area contributed by atoms with Crippen molar-refractivity contribution in [3.8, 4) is 0 Å². The van der Waals surface area contributed by atoms with Crippen LogP contribution in [0.5, 0.6) is 0 Å². The van der Waals surface area contributed by atoms with E-state index < -0.39 is 0 Å². The Hall–Kier alpha value is -2.19. The molecule has 2 fully saturated rings. The summed E-state index contributed by atoms with van der Waals surface area (Å²) in [5.41, 5.74) is 0.916. The third kappa shape index (κ3) is 4.62. The Kier molecular flexibility index (Phi) is 7.00. The zero-order valence-electron chi connectivity index (χ0n) is 18.9. The van der Waals surface area contributed by atoms with E-state index in [1.165, 1.54) is 11.8 Å². The fourth-order valence-corrected chi connectivity index (χ4v) is 5.93. The number of hydrogen-bond donors (Lipinski definition) is 0. The molecule has 2 atom stereocenters. The van der Waals surface area contributed by atoms with Crippen LogP contribution in [0.3, 0.4) is 0 Å². The van der Waals surface area contributed by atoms with Crippen LogP contribution in [0.25, 0.3) is 11.7 Å². The van der Waals surface area contributed by atoms with Gasteiger partial charge in [-0.1, -0.05) is 63.7 Å². The summed E-state index contributed by atoms with van der Waals surface area (Å²) in [5, 5.41) is 0. The molecule has 170 valence electrons. The maximum atomic E-state index is 13.5.